The van der Waals surface area contributed by atoms with Gasteiger partial charge in [0.2, 0.25) is 0 Å². The predicted molar refractivity (Wildman–Crippen MR) is 55.5 cm³/mol. The standard InChI is InChI=1S/C8H5Cl2FO2S/c9-7-2-1-3-8(10)6(7)4-5-14(11,12)13/h1-5H. The molecule has 1 aromatic carbocycles. The Balaban J connectivity index is 3.15. The minimum absolute atomic E-state index is 0.261. The minimum Gasteiger partial charge on any atom is -0.190 e. The minimum atomic E-state index is -4.65. The van der Waals surface area contributed by atoms with Gasteiger partial charge in [0.25, 0.3) is 0 Å². The summed E-state index contributed by atoms with van der Waals surface area (Å²) in [6, 6.07) is 4.65. The molecule has 0 radical (unpaired) electrons. The van der Waals surface area contributed by atoms with Crippen LogP contribution in [0.1, 0.15) is 5.56 Å². The highest BCUT2D eigenvalue weighted by molar-refractivity contribution is 7.89. The largest absolute Gasteiger partial charge is 0.325 e. The molecule has 0 spiro atoms. The molecule has 1 aromatic rings. The van der Waals surface area contributed by atoms with Gasteiger partial charge in [0.1, 0.15) is 0 Å². The van der Waals surface area contributed by atoms with Crippen molar-refractivity contribution in [2.75, 3.05) is 0 Å². The zero-order valence-electron chi connectivity index (χ0n) is 6.75. The van der Waals surface area contributed by atoms with E-state index in [0.29, 0.717) is 5.41 Å². The van der Waals surface area contributed by atoms with Crippen LogP contribution in [0.4, 0.5) is 3.89 Å². The van der Waals surface area contributed by atoms with Gasteiger partial charge in [-0.05, 0) is 18.2 Å². The summed E-state index contributed by atoms with van der Waals surface area (Å²) in [5.74, 6) is 0. The van der Waals surface area contributed by atoms with Crippen molar-refractivity contribution < 1.29 is 12.3 Å². The molecule has 14 heavy (non-hydrogen) atoms. The fraction of sp³-hybridized carbons (Fsp3) is 0. The summed E-state index contributed by atoms with van der Waals surface area (Å²) in [7, 11) is -4.65. The van der Waals surface area contributed by atoms with E-state index in [-0.39, 0.29) is 15.6 Å². The van der Waals surface area contributed by atoms with Gasteiger partial charge in [0.15, 0.2) is 0 Å². The zero-order valence-corrected chi connectivity index (χ0v) is 9.07. The van der Waals surface area contributed by atoms with Gasteiger partial charge in [-0.15, -0.1) is 3.89 Å². The third kappa shape index (κ3) is 3.29. The van der Waals surface area contributed by atoms with Gasteiger partial charge in [0, 0.05) is 15.6 Å². The molecule has 0 unspecified atom stereocenters. The number of benzene rings is 1. The highest BCUT2D eigenvalue weighted by Gasteiger charge is 2.04. The average molecular weight is 255 g/mol. The fourth-order valence-corrected chi connectivity index (χ4v) is 1.64. The Labute approximate surface area is 91.2 Å². The Hall–Kier alpha value is -0.580. The molecular formula is C8H5Cl2FO2S. The van der Waals surface area contributed by atoms with E-state index < -0.39 is 10.2 Å². The summed E-state index contributed by atoms with van der Waals surface area (Å²) in [5.41, 5.74) is 0.275. The molecule has 0 aromatic heterocycles. The Kier molecular flexibility index (Phi) is 3.53. The van der Waals surface area contributed by atoms with E-state index in [1.165, 1.54) is 12.1 Å². The number of rotatable bonds is 2. The van der Waals surface area contributed by atoms with Crippen molar-refractivity contribution in [3.8, 4) is 0 Å². The first-order valence-corrected chi connectivity index (χ1v) is 5.67. The van der Waals surface area contributed by atoms with E-state index in [1.807, 2.05) is 0 Å². The second-order valence-corrected chi connectivity index (χ2v) is 4.45. The lowest BCUT2D eigenvalue weighted by Crippen LogP contribution is -1.83. The Morgan fingerprint density at radius 1 is 1.21 bits per heavy atom. The van der Waals surface area contributed by atoms with Crippen molar-refractivity contribution in [3.05, 3.63) is 39.2 Å². The maximum Gasteiger partial charge on any atom is 0.325 e. The van der Waals surface area contributed by atoms with Crippen LogP contribution < -0.4 is 0 Å². The van der Waals surface area contributed by atoms with Crippen molar-refractivity contribution in [1.29, 1.82) is 0 Å². The molecule has 0 atom stereocenters. The van der Waals surface area contributed by atoms with Crippen molar-refractivity contribution >= 4 is 39.5 Å². The molecule has 0 saturated heterocycles. The summed E-state index contributed by atoms with van der Waals surface area (Å²) >= 11 is 11.4. The normalized spacial score (nSPS) is 12.2. The molecule has 0 amide bonds. The Bertz CT molecular complexity index is 448. The van der Waals surface area contributed by atoms with Crippen molar-refractivity contribution in [1.82, 2.24) is 0 Å². The van der Waals surface area contributed by atoms with E-state index in [4.69, 9.17) is 23.2 Å². The Morgan fingerprint density at radius 2 is 1.71 bits per heavy atom. The molecule has 6 heteroatoms. The molecular weight excluding hydrogens is 250 g/mol. The first-order valence-electron chi connectivity index (χ1n) is 3.47. The molecule has 0 aliphatic heterocycles. The molecule has 1 rings (SSSR count). The molecule has 0 bridgehead atoms. The van der Waals surface area contributed by atoms with E-state index in [1.54, 1.807) is 6.07 Å². The lowest BCUT2D eigenvalue weighted by Gasteiger charge is -1.99. The molecule has 76 valence electrons. The van der Waals surface area contributed by atoms with Gasteiger partial charge >= 0.3 is 10.2 Å². The van der Waals surface area contributed by atoms with Crippen LogP contribution in [0.2, 0.25) is 10.0 Å². The third-order valence-electron chi connectivity index (χ3n) is 1.40. The van der Waals surface area contributed by atoms with Crippen LogP contribution in [-0.2, 0) is 10.2 Å². The van der Waals surface area contributed by atoms with Crippen LogP contribution in [0.25, 0.3) is 6.08 Å². The van der Waals surface area contributed by atoms with E-state index >= 15 is 0 Å². The SMILES string of the molecule is O=S(=O)(F)C=Cc1c(Cl)cccc1Cl. The second-order valence-electron chi connectivity index (χ2n) is 2.41. The molecule has 0 fully saturated rings. The molecule has 0 aliphatic rings. The van der Waals surface area contributed by atoms with E-state index in [9.17, 15) is 12.3 Å². The molecule has 2 nitrogen and oxygen atoms in total. The van der Waals surface area contributed by atoms with Crippen LogP contribution in [0, 0.1) is 0 Å². The maximum absolute atomic E-state index is 12.1. The van der Waals surface area contributed by atoms with Crippen LogP contribution in [0.5, 0.6) is 0 Å². The van der Waals surface area contributed by atoms with Gasteiger partial charge in [-0.25, -0.2) is 0 Å². The summed E-state index contributed by atoms with van der Waals surface area (Å²) < 4.78 is 32.5. The van der Waals surface area contributed by atoms with E-state index in [2.05, 4.69) is 0 Å². The number of hydrogen-bond donors (Lipinski definition) is 0. The van der Waals surface area contributed by atoms with Crippen molar-refractivity contribution in [2.24, 2.45) is 0 Å². The van der Waals surface area contributed by atoms with Gasteiger partial charge in [0.05, 0.1) is 5.41 Å². The maximum atomic E-state index is 12.1. The zero-order chi connectivity index (χ0) is 10.8. The lowest BCUT2D eigenvalue weighted by atomic mass is 10.2. The van der Waals surface area contributed by atoms with Gasteiger partial charge in [-0.2, -0.15) is 8.42 Å². The lowest BCUT2D eigenvalue weighted by molar-refractivity contribution is 0.563. The smallest absolute Gasteiger partial charge is 0.190 e. The van der Waals surface area contributed by atoms with Crippen LogP contribution in [-0.4, -0.2) is 8.42 Å². The highest BCUT2D eigenvalue weighted by Crippen LogP contribution is 2.25. The van der Waals surface area contributed by atoms with E-state index in [0.717, 1.165) is 6.08 Å². The van der Waals surface area contributed by atoms with Crippen molar-refractivity contribution in [2.45, 2.75) is 0 Å². The van der Waals surface area contributed by atoms with Crippen molar-refractivity contribution in [3.63, 3.8) is 0 Å². The quantitative estimate of drug-likeness (QED) is 0.760. The summed E-state index contributed by atoms with van der Waals surface area (Å²) in [5, 5.41) is 0.926. The van der Waals surface area contributed by atoms with Crippen LogP contribution in [0.3, 0.4) is 0 Å². The summed E-state index contributed by atoms with van der Waals surface area (Å²) in [4.78, 5) is 0. The molecule has 0 saturated carbocycles. The topological polar surface area (TPSA) is 34.1 Å². The first-order chi connectivity index (χ1) is 6.40. The Morgan fingerprint density at radius 3 is 2.14 bits per heavy atom. The molecule has 0 heterocycles. The number of hydrogen-bond acceptors (Lipinski definition) is 2. The monoisotopic (exact) mass is 254 g/mol. The summed E-state index contributed by atoms with van der Waals surface area (Å²) in [6.07, 6.45) is 1.01. The fourth-order valence-electron chi connectivity index (χ4n) is 0.819. The second kappa shape index (κ2) is 4.29. The van der Waals surface area contributed by atoms with Crippen LogP contribution in [0.15, 0.2) is 23.6 Å². The molecule has 0 aliphatic carbocycles. The van der Waals surface area contributed by atoms with Gasteiger partial charge in [-0.1, -0.05) is 29.3 Å². The third-order valence-corrected chi connectivity index (χ3v) is 2.52. The highest BCUT2D eigenvalue weighted by atomic mass is 35.5. The molecule has 0 N–H and O–H groups in total. The predicted octanol–water partition coefficient (Wildman–Crippen LogP) is 3.26. The van der Waals surface area contributed by atoms with Crippen LogP contribution >= 0.6 is 23.2 Å². The summed E-state index contributed by atoms with van der Waals surface area (Å²) in [6.45, 7) is 0. The average Bonchev–Trinajstić information content (AvgIpc) is 2.01. The van der Waals surface area contributed by atoms with Gasteiger partial charge in [-0.3, -0.25) is 0 Å². The van der Waals surface area contributed by atoms with Gasteiger partial charge < -0.3 is 0 Å². The first kappa shape index (κ1) is 11.5. The number of halogens is 3.